The maximum atomic E-state index is 9.72. The molecule has 1 aliphatic rings. The molecular formula is C14H21NO3. The summed E-state index contributed by atoms with van der Waals surface area (Å²) in [6, 6.07) is 5.50. The molecule has 2 N–H and O–H groups in total. The fraction of sp³-hybridized carbons (Fsp3) is 0.571. The molecule has 0 aliphatic carbocycles. The van der Waals surface area contributed by atoms with Crippen molar-refractivity contribution in [3.8, 4) is 11.5 Å². The minimum Gasteiger partial charge on any atom is -0.504 e. The number of phenols is 1. The number of methoxy groups -OCH3 is 1. The maximum Gasteiger partial charge on any atom is 0.160 e. The van der Waals surface area contributed by atoms with Gasteiger partial charge in [-0.25, -0.2) is 0 Å². The SMILES string of the molecule is COc1ccc(CNC2(C)CCOCC2)cc1O. The maximum absolute atomic E-state index is 9.72. The van der Waals surface area contributed by atoms with Gasteiger partial charge in [-0.1, -0.05) is 6.07 Å². The van der Waals surface area contributed by atoms with E-state index in [0.29, 0.717) is 5.75 Å². The van der Waals surface area contributed by atoms with Crippen LogP contribution in [-0.2, 0) is 11.3 Å². The normalized spacial score (nSPS) is 18.6. The highest BCUT2D eigenvalue weighted by Crippen LogP contribution is 2.27. The fourth-order valence-electron chi connectivity index (χ4n) is 2.16. The van der Waals surface area contributed by atoms with E-state index in [0.717, 1.165) is 38.2 Å². The summed E-state index contributed by atoms with van der Waals surface area (Å²) in [5.74, 6) is 0.699. The quantitative estimate of drug-likeness (QED) is 0.860. The van der Waals surface area contributed by atoms with Crippen molar-refractivity contribution >= 4 is 0 Å². The van der Waals surface area contributed by atoms with Crippen LogP contribution in [0.3, 0.4) is 0 Å². The summed E-state index contributed by atoms with van der Waals surface area (Å²) < 4.78 is 10.4. The van der Waals surface area contributed by atoms with Crippen molar-refractivity contribution in [1.29, 1.82) is 0 Å². The van der Waals surface area contributed by atoms with Gasteiger partial charge in [0.25, 0.3) is 0 Å². The minimum atomic E-state index is 0.133. The van der Waals surface area contributed by atoms with Crippen molar-refractivity contribution in [3.05, 3.63) is 23.8 Å². The Morgan fingerprint density at radius 2 is 2.11 bits per heavy atom. The Kier molecular flexibility index (Phi) is 4.09. The highest BCUT2D eigenvalue weighted by atomic mass is 16.5. The first-order valence-corrected chi connectivity index (χ1v) is 6.32. The third kappa shape index (κ3) is 3.15. The topological polar surface area (TPSA) is 50.7 Å². The lowest BCUT2D eigenvalue weighted by molar-refractivity contribution is 0.0446. The van der Waals surface area contributed by atoms with E-state index in [1.807, 2.05) is 6.07 Å². The molecule has 4 nitrogen and oxygen atoms in total. The molecule has 1 aromatic carbocycles. The fourth-order valence-corrected chi connectivity index (χ4v) is 2.16. The second-order valence-corrected chi connectivity index (χ2v) is 5.03. The summed E-state index contributed by atoms with van der Waals surface area (Å²) >= 11 is 0. The van der Waals surface area contributed by atoms with Gasteiger partial charge in [0.1, 0.15) is 0 Å². The molecule has 1 saturated heterocycles. The molecule has 100 valence electrons. The molecule has 0 bridgehead atoms. The smallest absolute Gasteiger partial charge is 0.160 e. The van der Waals surface area contributed by atoms with Crippen LogP contribution in [0.4, 0.5) is 0 Å². The molecule has 0 atom stereocenters. The third-order valence-electron chi connectivity index (χ3n) is 3.56. The van der Waals surface area contributed by atoms with Crippen LogP contribution in [0, 0.1) is 0 Å². The Morgan fingerprint density at radius 1 is 1.39 bits per heavy atom. The number of benzene rings is 1. The zero-order valence-electron chi connectivity index (χ0n) is 11.0. The second kappa shape index (κ2) is 5.59. The molecule has 2 rings (SSSR count). The Hall–Kier alpha value is -1.26. The standard InChI is InChI=1S/C14H21NO3/c1-14(5-7-18-8-6-14)15-10-11-3-4-13(17-2)12(16)9-11/h3-4,9,15-16H,5-8,10H2,1-2H3. The number of phenolic OH excluding ortho intramolecular Hbond substituents is 1. The van der Waals surface area contributed by atoms with Crippen molar-refractivity contribution in [2.75, 3.05) is 20.3 Å². The molecular weight excluding hydrogens is 230 g/mol. The average Bonchev–Trinajstić information content (AvgIpc) is 2.38. The molecule has 1 aliphatic heterocycles. The van der Waals surface area contributed by atoms with Gasteiger partial charge < -0.3 is 19.9 Å². The lowest BCUT2D eigenvalue weighted by atomic mass is 9.92. The summed E-state index contributed by atoms with van der Waals surface area (Å²) in [7, 11) is 1.55. The lowest BCUT2D eigenvalue weighted by Gasteiger charge is -2.34. The Labute approximate surface area is 108 Å². The zero-order chi connectivity index (χ0) is 13.0. The minimum absolute atomic E-state index is 0.133. The van der Waals surface area contributed by atoms with Crippen molar-refractivity contribution < 1.29 is 14.6 Å². The Bertz CT molecular complexity index is 400. The molecule has 0 aromatic heterocycles. The van der Waals surface area contributed by atoms with Crippen LogP contribution < -0.4 is 10.1 Å². The number of nitrogens with one attached hydrogen (secondary N) is 1. The molecule has 0 saturated carbocycles. The molecule has 4 heteroatoms. The van der Waals surface area contributed by atoms with Crippen LogP contribution in [0.1, 0.15) is 25.3 Å². The van der Waals surface area contributed by atoms with E-state index in [4.69, 9.17) is 9.47 Å². The molecule has 0 amide bonds. The van der Waals surface area contributed by atoms with Crippen molar-refractivity contribution in [2.45, 2.75) is 31.8 Å². The molecule has 0 radical (unpaired) electrons. The van der Waals surface area contributed by atoms with Crippen molar-refractivity contribution in [3.63, 3.8) is 0 Å². The van der Waals surface area contributed by atoms with E-state index in [2.05, 4.69) is 12.2 Å². The van der Waals surface area contributed by atoms with E-state index in [9.17, 15) is 5.11 Å². The van der Waals surface area contributed by atoms with Crippen LogP contribution in [0.2, 0.25) is 0 Å². The van der Waals surface area contributed by atoms with E-state index in [-0.39, 0.29) is 11.3 Å². The molecule has 0 spiro atoms. The van der Waals surface area contributed by atoms with E-state index < -0.39 is 0 Å². The lowest BCUT2D eigenvalue weighted by Crippen LogP contribution is -2.46. The number of rotatable bonds is 4. The number of aromatic hydroxyl groups is 1. The molecule has 1 heterocycles. The van der Waals surface area contributed by atoms with Gasteiger partial charge in [-0.15, -0.1) is 0 Å². The predicted octanol–water partition coefficient (Wildman–Crippen LogP) is 2.06. The monoisotopic (exact) mass is 251 g/mol. The summed E-state index contributed by atoms with van der Waals surface area (Å²) in [4.78, 5) is 0. The average molecular weight is 251 g/mol. The summed E-state index contributed by atoms with van der Waals surface area (Å²) in [6.07, 6.45) is 2.05. The Balaban J connectivity index is 1.95. The van der Waals surface area contributed by atoms with Gasteiger partial charge in [-0.3, -0.25) is 0 Å². The van der Waals surface area contributed by atoms with Gasteiger partial charge in [0, 0.05) is 25.3 Å². The van der Waals surface area contributed by atoms with Crippen LogP contribution in [0.25, 0.3) is 0 Å². The number of hydrogen-bond acceptors (Lipinski definition) is 4. The summed E-state index contributed by atoms with van der Waals surface area (Å²) in [5.41, 5.74) is 1.19. The Morgan fingerprint density at radius 3 is 2.72 bits per heavy atom. The van der Waals surface area contributed by atoms with Gasteiger partial charge >= 0.3 is 0 Å². The number of hydrogen-bond donors (Lipinski definition) is 2. The van der Waals surface area contributed by atoms with Crippen molar-refractivity contribution in [1.82, 2.24) is 5.32 Å². The highest BCUT2D eigenvalue weighted by molar-refractivity contribution is 5.41. The van der Waals surface area contributed by atoms with Gasteiger partial charge in [0.15, 0.2) is 11.5 Å². The van der Waals surface area contributed by atoms with E-state index in [1.54, 1.807) is 19.2 Å². The van der Waals surface area contributed by atoms with Crippen LogP contribution in [-0.4, -0.2) is 31.0 Å². The van der Waals surface area contributed by atoms with E-state index >= 15 is 0 Å². The second-order valence-electron chi connectivity index (χ2n) is 5.03. The molecule has 1 aromatic rings. The van der Waals surface area contributed by atoms with Crippen LogP contribution in [0.5, 0.6) is 11.5 Å². The molecule has 0 unspecified atom stereocenters. The largest absolute Gasteiger partial charge is 0.504 e. The van der Waals surface area contributed by atoms with Crippen molar-refractivity contribution in [2.24, 2.45) is 0 Å². The van der Waals surface area contributed by atoms with Gasteiger partial charge in [-0.2, -0.15) is 0 Å². The molecule has 1 fully saturated rings. The predicted molar refractivity (Wildman–Crippen MR) is 70.0 cm³/mol. The van der Waals surface area contributed by atoms with Crippen LogP contribution in [0.15, 0.2) is 18.2 Å². The van der Waals surface area contributed by atoms with Crippen LogP contribution >= 0.6 is 0 Å². The molecule has 18 heavy (non-hydrogen) atoms. The first kappa shape index (κ1) is 13.2. The van der Waals surface area contributed by atoms with Gasteiger partial charge in [0.05, 0.1) is 7.11 Å². The van der Waals surface area contributed by atoms with Gasteiger partial charge in [-0.05, 0) is 37.5 Å². The highest BCUT2D eigenvalue weighted by Gasteiger charge is 2.26. The number of ether oxygens (including phenoxy) is 2. The van der Waals surface area contributed by atoms with E-state index in [1.165, 1.54) is 0 Å². The first-order chi connectivity index (χ1) is 8.63. The summed E-state index contributed by atoms with van der Waals surface area (Å²) in [5, 5.41) is 13.3. The van der Waals surface area contributed by atoms with Gasteiger partial charge in [0.2, 0.25) is 0 Å². The third-order valence-corrected chi connectivity index (χ3v) is 3.56. The summed E-state index contributed by atoms with van der Waals surface area (Å²) in [6.45, 7) is 4.60. The first-order valence-electron chi connectivity index (χ1n) is 6.32. The zero-order valence-corrected chi connectivity index (χ0v) is 11.0.